The Kier molecular flexibility index (Phi) is 8.33. The quantitative estimate of drug-likeness (QED) is 0.537. The fraction of sp³-hybridized carbons (Fsp3) is 0.381. The fourth-order valence-electron chi connectivity index (χ4n) is 2.63. The normalized spacial score (nSPS) is 11.8. The van der Waals surface area contributed by atoms with Gasteiger partial charge in [-0.2, -0.15) is 0 Å². The Labute approximate surface area is 165 Å². The van der Waals surface area contributed by atoms with E-state index in [2.05, 4.69) is 12.2 Å². The van der Waals surface area contributed by atoms with Crippen molar-refractivity contribution < 1.29 is 9.53 Å². The molecule has 5 heteroatoms. The number of hydrogen-bond donors (Lipinski definition) is 1. The minimum Gasteiger partial charge on any atom is -0.494 e. The molecule has 0 aliphatic heterocycles. The van der Waals surface area contributed by atoms with E-state index in [-0.39, 0.29) is 11.9 Å². The molecule has 0 aromatic heterocycles. The molecule has 2 aromatic carbocycles. The molecule has 0 spiro atoms. The summed E-state index contributed by atoms with van der Waals surface area (Å²) in [5.74, 6) is 1.52. The van der Waals surface area contributed by atoms with Crippen LogP contribution >= 0.6 is 23.4 Å². The third-order valence-corrected chi connectivity index (χ3v) is 5.24. The first-order chi connectivity index (χ1) is 12.5. The highest BCUT2D eigenvalue weighted by Crippen LogP contribution is 2.29. The maximum atomic E-state index is 12.5. The van der Waals surface area contributed by atoms with Crippen LogP contribution in [0.25, 0.3) is 0 Å². The maximum absolute atomic E-state index is 12.5. The van der Waals surface area contributed by atoms with Gasteiger partial charge in [0.2, 0.25) is 0 Å². The standard InChI is InChI=1S/C21H26ClNO2S/c1-4-6-15(3)23-21(24)16-7-12-20(25-5-2)17(13-16)14-26-19-10-8-18(22)9-11-19/h7-13,15H,4-6,14H2,1-3H3,(H,23,24)/t15-/m0/s1. The van der Waals surface area contributed by atoms with Crippen molar-refractivity contribution in [3.8, 4) is 5.75 Å². The molecule has 0 aliphatic rings. The van der Waals surface area contributed by atoms with Crippen molar-refractivity contribution in [1.82, 2.24) is 5.32 Å². The zero-order chi connectivity index (χ0) is 18.9. The van der Waals surface area contributed by atoms with Gasteiger partial charge in [0.1, 0.15) is 5.75 Å². The van der Waals surface area contributed by atoms with Crippen LogP contribution in [0.5, 0.6) is 5.75 Å². The first kappa shape index (κ1) is 20.7. The van der Waals surface area contributed by atoms with Gasteiger partial charge in [-0.1, -0.05) is 24.9 Å². The van der Waals surface area contributed by atoms with Crippen molar-refractivity contribution in [3.05, 3.63) is 58.6 Å². The lowest BCUT2D eigenvalue weighted by molar-refractivity contribution is 0.0938. The van der Waals surface area contributed by atoms with Crippen LogP contribution in [0.15, 0.2) is 47.4 Å². The Morgan fingerprint density at radius 3 is 2.58 bits per heavy atom. The lowest BCUT2D eigenvalue weighted by Crippen LogP contribution is -2.32. The number of carbonyl (C=O) groups excluding carboxylic acids is 1. The number of thioether (sulfide) groups is 1. The van der Waals surface area contributed by atoms with Gasteiger partial charge in [-0.15, -0.1) is 11.8 Å². The highest BCUT2D eigenvalue weighted by Gasteiger charge is 2.13. The number of rotatable bonds is 9. The topological polar surface area (TPSA) is 38.3 Å². The second-order valence-corrected chi connectivity index (χ2v) is 7.65. The second kappa shape index (κ2) is 10.5. The zero-order valence-corrected chi connectivity index (χ0v) is 17.1. The predicted molar refractivity (Wildman–Crippen MR) is 110 cm³/mol. The first-order valence-corrected chi connectivity index (χ1v) is 10.3. The van der Waals surface area contributed by atoms with Crippen LogP contribution in [0.3, 0.4) is 0 Å². The lowest BCUT2D eigenvalue weighted by atomic mass is 10.1. The van der Waals surface area contributed by atoms with Crippen molar-refractivity contribution in [2.45, 2.75) is 50.3 Å². The summed E-state index contributed by atoms with van der Waals surface area (Å²) in [5, 5.41) is 3.78. The molecule has 140 valence electrons. The molecule has 0 saturated carbocycles. The van der Waals surface area contributed by atoms with Crippen molar-refractivity contribution in [3.63, 3.8) is 0 Å². The second-order valence-electron chi connectivity index (χ2n) is 6.16. The van der Waals surface area contributed by atoms with Crippen LogP contribution in [0.4, 0.5) is 0 Å². The summed E-state index contributed by atoms with van der Waals surface area (Å²) < 4.78 is 5.73. The molecule has 26 heavy (non-hydrogen) atoms. The molecule has 0 unspecified atom stereocenters. The van der Waals surface area contributed by atoms with Gasteiger partial charge >= 0.3 is 0 Å². The molecule has 3 nitrogen and oxygen atoms in total. The Hall–Kier alpha value is -1.65. The van der Waals surface area contributed by atoms with Gasteiger partial charge in [0.15, 0.2) is 0 Å². The van der Waals surface area contributed by atoms with Gasteiger partial charge in [0.25, 0.3) is 5.91 Å². The van der Waals surface area contributed by atoms with E-state index in [0.717, 1.165) is 39.8 Å². The highest BCUT2D eigenvalue weighted by atomic mass is 35.5. The summed E-state index contributed by atoms with van der Waals surface area (Å²) in [6.45, 7) is 6.71. The van der Waals surface area contributed by atoms with E-state index in [1.807, 2.05) is 56.3 Å². The minimum atomic E-state index is -0.0354. The van der Waals surface area contributed by atoms with Crippen LogP contribution in [-0.4, -0.2) is 18.6 Å². The van der Waals surface area contributed by atoms with Gasteiger partial charge in [0.05, 0.1) is 6.61 Å². The average molecular weight is 392 g/mol. The molecule has 0 saturated heterocycles. The molecule has 2 rings (SSSR count). The molecule has 0 aliphatic carbocycles. The maximum Gasteiger partial charge on any atom is 0.251 e. The number of halogens is 1. The van der Waals surface area contributed by atoms with Crippen LogP contribution < -0.4 is 10.1 Å². The third-order valence-electron chi connectivity index (χ3n) is 3.93. The molecule has 2 aromatic rings. The molecule has 1 atom stereocenters. The number of nitrogens with one attached hydrogen (secondary N) is 1. The Bertz CT molecular complexity index is 718. The zero-order valence-electron chi connectivity index (χ0n) is 15.5. The van der Waals surface area contributed by atoms with Crippen molar-refractivity contribution in [1.29, 1.82) is 0 Å². The van der Waals surface area contributed by atoms with E-state index in [9.17, 15) is 4.79 Å². The van der Waals surface area contributed by atoms with E-state index in [1.54, 1.807) is 11.8 Å². The smallest absolute Gasteiger partial charge is 0.251 e. The molecule has 1 N–H and O–H groups in total. The van der Waals surface area contributed by atoms with E-state index in [0.29, 0.717) is 12.2 Å². The van der Waals surface area contributed by atoms with E-state index < -0.39 is 0 Å². The molecule has 1 amide bonds. The van der Waals surface area contributed by atoms with Gasteiger partial charge in [0, 0.05) is 32.8 Å². The number of hydrogen-bond acceptors (Lipinski definition) is 3. The SMILES string of the molecule is CCC[C@H](C)NC(=O)c1ccc(OCC)c(CSc2ccc(Cl)cc2)c1. The van der Waals surface area contributed by atoms with Crippen molar-refractivity contribution >= 4 is 29.3 Å². The molecular formula is C21H26ClNO2S. The number of carbonyl (C=O) groups is 1. The van der Waals surface area contributed by atoms with E-state index in [4.69, 9.17) is 16.3 Å². The van der Waals surface area contributed by atoms with E-state index >= 15 is 0 Å². The van der Waals surface area contributed by atoms with Crippen molar-refractivity contribution in [2.24, 2.45) is 0 Å². The summed E-state index contributed by atoms with van der Waals surface area (Å²) >= 11 is 7.64. The minimum absolute atomic E-state index is 0.0354. The molecular weight excluding hydrogens is 366 g/mol. The first-order valence-electron chi connectivity index (χ1n) is 8.98. The van der Waals surface area contributed by atoms with Crippen LogP contribution in [0.2, 0.25) is 5.02 Å². The number of amides is 1. The van der Waals surface area contributed by atoms with Gasteiger partial charge in [-0.25, -0.2) is 0 Å². The third kappa shape index (κ3) is 6.26. The van der Waals surface area contributed by atoms with Gasteiger partial charge in [-0.05, 0) is 62.7 Å². The molecule has 0 heterocycles. The van der Waals surface area contributed by atoms with Crippen LogP contribution in [0, 0.1) is 0 Å². The summed E-state index contributed by atoms with van der Waals surface area (Å²) in [4.78, 5) is 13.6. The monoisotopic (exact) mass is 391 g/mol. The molecule has 0 radical (unpaired) electrons. The Morgan fingerprint density at radius 1 is 1.19 bits per heavy atom. The summed E-state index contributed by atoms with van der Waals surface area (Å²) in [7, 11) is 0. The van der Waals surface area contributed by atoms with E-state index in [1.165, 1.54) is 0 Å². The van der Waals surface area contributed by atoms with Crippen LogP contribution in [0.1, 0.15) is 49.5 Å². The molecule has 0 bridgehead atoms. The summed E-state index contributed by atoms with van der Waals surface area (Å²) in [6, 6.07) is 13.6. The average Bonchev–Trinajstić information content (AvgIpc) is 2.62. The largest absolute Gasteiger partial charge is 0.494 e. The Balaban J connectivity index is 2.13. The number of benzene rings is 2. The lowest BCUT2D eigenvalue weighted by Gasteiger charge is -2.15. The number of ether oxygens (including phenoxy) is 1. The highest BCUT2D eigenvalue weighted by molar-refractivity contribution is 7.98. The fourth-order valence-corrected chi connectivity index (χ4v) is 3.64. The summed E-state index contributed by atoms with van der Waals surface area (Å²) in [5.41, 5.74) is 1.69. The van der Waals surface area contributed by atoms with Gasteiger partial charge < -0.3 is 10.1 Å². The van der Waals surface area contributed by atoms with Gasteiger partial charge in [-0.3, -0.25) is 4.79 Å². The van der Waals surface area contributed by atoms with Crippen molar-refractivity contribution in [2.75, 3.05) is 6.61 Å². The van der Waals surface area contributed by atoms with Crippen LogP contribution in [-0.2, 0) is 5.75 Å². The molecule has 0 fully saturated rings. The summed E-state index contributed by atoms with van der Waals surface area (Å²) in [6.07, 6.45) is 2.02. The Morgan fingerprint density at radius 2 is 1.92 bits per heavy atom. The predicted octanol–water partition coefficient (Wildman–Crippen LogP) is 5.95.